The van der Waals surface area contributed by atoms with Crippen LogP contribution in [0.3, 0.4) is 0 Å². The van der Waals surface area contributed by atoms with Crippen LogP contribution < -0.4 is 4.90 Å². The summed E-state index contributed by atoms with van der Waals surface area (Å²) in [6, 6.07) is 49.6. The van der Waals surface area contributed by atoms with Crippen LogP contribution >= 0.6 is 0 Å². The second-order valence-corrected chi connectivity index (χ2v) is 11.0. The summed E-state index contributed by atoms with van der Waals surface area (Å²) in [5, 5.41) is 29.9. The molecule has 0 N–H and O–H groups in total. The summed E-state index contributed by atoms with van der Waals surface area (Å²) in [4.78, 5) is 24.7. The minimum absolute atomic E-state index is 0.478. The second kappa shape index (κ2) is 12.9. The summed E-state index contributed by atoms with van der Waals surface area (Å²) in [6.07, 6.45) is 1.72. The van der Waals surface area contributed by atoms with Crippen LogP contribution in [0.25, 0.3) is 33.3 Å². The third-order valence-electron chi connectivity index (χ3n) is 8.04. The molecule has 0 atom stereocenters. The van der Waals surface area contributed by atoms with Crippen molar-refractivity contribution < 1.29 is 9.85 Å². The first-order valence-corrected chi connectivity index (χ1v) is 15.2. The lowest BCUT2D eigenvalue weighted by atomic mass is 10.0. The van der Waals surface area contributed by atoms with E-state index in [0.717, 1.165) is 33.8 Å². The van der Waals surface area contributed by atoms with Gasteiger partial charge < -0.3 is 4.90 Å². The average molecular weight is 630 g/mol. The lowest BCUT2D eigenvalue weighted by Crippen LogP contribution is -2.09. The van der Waals surface area contributed by atoms with Crippen LogP contribution in [0.1, 0.15) is 5.56 Å². The molecule has 48 heavy (non-hydrogen) atoms. The lowest BCUT2D eigenvalue weighted by molar-refractivity contribution is -0.422. The Hall–Kier alpha value is -6.87. The molecule has 7 aromatic rings. The van der Waals surface area contributed by atoms with Gasteiger partial charge in [0.05, 0.1) is 27.4 Å². The highest BCUT2D eigenvalue weighted by Gasteiger charge is 2.30. The van der Waals surface area contributed by atoms with Gasteiger partial charge in [0.1, 0.15) is 0 Å². The molecule has 0 aliphatic heterocycles. The zero-order valence-corrected chi connectivity index (χ0v) is 25.5. The van der Waals surface area contributed by atoms with Gasteiger partial charge in [-0.3, -0.25) is 20.2 Å². The van der Waals surface area contributed by atoms with Crippen LogP contribution in [0.4, 0.5) is 28.4 Å². The summed E-state index contributed by atoms with van der Waals surface area (Å²) in [7, 11) is 0. The minimum atomic E-state index is -0.717. The average Bonchev–Trinajstić information content (AvgIpc) is 3.45. The zero-order valence-electron chi connectivity index (χ0n) is 25.5. The van der Waals surface area contributed by atoms with Crippen LogP contribution in [-0.4, -0.2) is 20.7 Å². The smallest absolute Gasteiger partial charge is 0.311 e. The van der Waals surface area contributed by atoms with Gasteiger partial charge in [0.15, 0.2) is 0 Å². The van der Waals surface area contributed by atoms with E-state index in [1.807, 2.05) is 121 Å². The topological polar surface area (TPSA) is 107 Å². The van der Waals surface area contributed by atoms with Crippen molar-refractivity contribution >= 4 is 45.4 Å². The van der Waals surface area contributed by atoms with Gasteiger partial charge in [0.25, 0.3) is 0 Å². The Morgan fingerprint density at radius 3 is 1.29 bits per heavy atom. The third-order valence-corrected chi connectivity index (χ3v) is 8.04. The second-order valence-electron chi connectivity index (χ2n) is 11.0. The quantitative estimate of drug-likeness (QED) is 0.0897. The van der Waals surface area contributed by atoms with E-state index in [4.69, 9.17) is 5.10 Å². The van der Waals surface area contributed by atoms with E-state index in [9.17, 15) is 20.2 Å². The molecule has 6 aromatic carbocycles. The standard InChI is InChI=1S/C39H27N5O4/c45-43(46)36-25-34-35(26-37(36)44(47)48)39(30-15-7-2-8-16-30)42(38(34)29-13-5-1-6-14-29)40-27-28-21-23-33(24-22-28)41(31-17-9-3-10-18-31)32-19-11-4-12-20-32/h1-27H. The summed E-state index contributed by atoms with van der Waals surface area (Å²) in [5.74, 6) is 0. The van der Waals surface area contributed by atoms with E-state index in [-0.39, 0.29) is 0 Å². The first-order chi connectivity index (χ1) is 23.5. The maximum Gasteiger partial charge on any atom is 0.346 e. The number of fused-ring (bicyclic) bond motifs is 1. The minimum Gasteiger partial charge on any atom is -0.311 e. The van der Waals surface area contributed by atoms with Crippen molar-refractivity contribution in [3.63, 3.8) is 0 Å². The molecule has 0 radical (unpaired) electrons. The molecule has 0 unspecified atom stereocenters. The normalized spacial score (nSPS) is 11.2. The molecule has 232 valence electrons. The highest BCUT2D eigenvalue weighted by Crippen LogP contribution is 2.44. The molecule has 7 rings (SSSR count). The largest absolute Gasteiger partial charge is 0.346 e. The van der Waals surface area contributed by atoms with E-state index in [1.54, 1.807) is 10.9 Å². The number of hydrogen-bond donors (Lipinski definition) is 0. The first-order valence-electron chi connectivity index (χ1n) is 15.2. The molecule has 1 heterocycles. The van der Waals surface area contributed by atoms with E-state index in [1.165, 1.54) is 12.1 Å². The van der Waals surface area contributed by atoms with Crippen molar-refractivity contribution in [2.24, 2.45) is 5.10 Å². The SMILES string of the molecule is O=[N+]([O-])c1cc2c(-c3ccccc3)n(N=Cc3ccc(N(c4ccccc4)c4ccccc4)cc3)c(-c3ccccc3)c2cc1[N+](=O)[O-]. The predicted octanol–water partition coefficient (Wildman–Crippen LogP) is 10.1. The Labute approximate surface area is 275 Å². The zero-order chi connectivity index (χ0) is 33.0. The van der Waals surface area contributed by atoms with Crippen molar-refractivity contribution in [3.05, 3.63) is 184 Å². The van der Waals surface area contributed by atoms with Crippen molar-refractivity contribution in [1.82, 2.24) is 4.68 Å². The monoisotopic (exact) mass is 629 g/mol. The number of aromatic nitrogens is 1. The number of nitro benzene ring substituents is 2. The van der Waals surface area contributed by atoms with Gasteiger partial charge in [0, 0.05) is 51.1 Å². The molecule has 1 aromatic heterocycles. The molecule has 0 saturated carbocycles. The van der Waals surface area contributed by atoms with Crippen molar-refractivity contribution in [2.75, 3.05) is 4.90 Å². The van der Waals surface area contributed by atoms with Gasteiger partial charge in [-0.25, -0.2) is 4.68 Å². The van der Waals surface area contributed by atoms with Crippen LogP contribution in [0.5, 0.6) is 0 Å². The molecule has 0 fully saturated rings. The fourth-order valence-electron chi connectivity index (χ4n) is 5.90. The van der Waals surface area contributed by atoms with Gasteiger partial charge in [-0.15, -0.1) is 0 Å². The van der Waals surface area contributed by atoms with Gasteiger partial charge in [0.2, 0.25) is 0 Å². The molecule has 0 amide bonds. The van der Waals surface area contributed by atoms with Crippen LogP contribution in [0, 0.1) is 20.2 Å². The fraction of sp³-hybridized carbons (Fsp3) is 0. The van der Waals surface area contributed by atoms with Gasteiger partial charge in [-0.1, -0.05) is 109 Å². The van der Waals surface area contributed by atoms with Gasteiger partial charge >= 0.3 is 11.4 Å². The van der Waals surface area contributed by atoms with E-state index in [2.05, 4.69) is 29.2 Å². The predicted molar refractivity (Wildman–Crippen MR) is 190 cm³/mol. The Kier molecular flexibility index (Phi) is 7.99. The van der Waals surface area contributed by atoms with Gasteiger partial charge in [-0.05, 0) is 42.0 Å². The Morgan fingerprint density at radius 1 is 0.521 bits per heavy atom. The lowest BCUT2D eigenvalue weighted by Gasteiger charge is -2.25. The van der Waals surface area contributed by atoms with Crippen LogP contribution in [0.2, 0.25) is 0 Å². The molecule has 9 heteroatoms. The number of nitro groups is 2. The number of benzene rings is 6. The van der Waals surface area contributed by atoms with E-state index in [0.29, 0.717) is 22.2 Å². The number of rotatable bonds is 9. The molecule has 0 aliphatic rings. The number of nitrogens with zero attached hydrogens (tertiary/aromatic N) is 5. The van der Waals surface area contributed by atoms with Crippen molar-refractivity contribution in [1.29, 1.82) is 0 Å². The highest BCUT2D eigenvalue weighted by atomic mass is 16.6. The Morgan fingerprint density at radius 2 is 0.896 bits per heavy atom. The number of anilines is 3. The summed E-state index contributed by atoms with van der Waals surface area (Å²) in [5.41, 5.74) is 5.32. The first kappa shape index (κ1) is 29.8. The number of hydrogen-bond acceptors (Lipinski definition) is 6. The maximum atomic E-state index is 12.0. The highest BCUT2D eigenvalue weighted by molar-refractivity contribution is 6.08. The summed E-state index contributed by atoms with van der Waals surface area (Å²) >= 11 is 0. The van der Waals surface area contributed by atoms with E-state index < -0.39 is 21.2 Å². The molecular weight excluding hydrogens is 602 g/mol. The Bertz CT molecular complexity index is 2140. The third kappa shape index (κ3) is 5.67. The van der Waals surface area contributed by atoms with E-state index >= 15 is 0 Å². The molecule has 9 nitrogen and oxygen atoms in total. The Balaban J connectivity index is 1.40. The summed E-state index contributed by atoms with van der Waals surface area (Å²) < 4.78 is 1.72. The maximum absolute atomic E-state index is 12.0. The van der Waals surface area contributed by atoms with Crippen molar-refractivity contribution in [3.8, 4) is 22.5 Å². The fourth-order valence-corrected chi connectivity index (χ4v) is 5.90. The van der Waals surface area contributed by atoms with Crippen LogP contribution in [-0.2, 0) is 0 Å². The molecule has 0 spiro atoms. The molecular formula is C39H27N5O4. The molecule has 0 bridgehead atoms. The number of para-hydroxylation sites is 2. The molecule has 0 aliphatic carbocycles. The molecule has 0 saturated heterocycles. The summed E-state index contributed by atoms with van der Waals surface area (Å²) in [6.45, 7) is 0. The van der Waals surface area contributed by atoms with Crippen LogP contribution in [0.15, 0.2) is 163 Å². The van der Waals surface area contributed by atoms with Crippen molar-refractivity contribution in [2.45, 2.75) is 0 Å². The van der Waals surface area contributed by atoms with Gasteiger partial charge in [-0.2, -0.15) is 5.10 Å².